The van der Waals surface area contributed by atoms with Gasteiger partial charge in [0.2, 0.25) is 5.91 Å². The molecule has 1 aromatic rings. The Morgan fingerprint density at radius 1 is 1.25 bits per heavy atom. The maximum Gasteiger partial charge on any atom is 0.307 e. The number of carbonyl (C=O) groups excluding carboxylic acids is 4. The number of imide groups is 1. The average Bonchev–Trinajstić information content (AvgIpc) is 2.91. The molecule has 0 bridgehead atoms. The molecule has 1 saturated heterocycles. The van der Waals surface area contributed by atoms with E-state index in [0.29, 0.717) is 12.1 Å². The molecule has 2 aliphatic rings. The van der Waals surface area contributed by atoms with Crippen LogP contribution in [0.5, 0.6) is 0 Å². The maximum atomic E-state index is 12.6. The Bertz CT molecular complexity index is 715. The van der Waals surface area contributed by atoms with Crippen LogP contribution < -0.4 is 0 Å². The minimum Gasteiger partial charge on any atom is -0.444 e. The molecule has 1 fully saturated rings. The number of esters is 1. The van der Waals surface area contributed by atoms with Crippen LogP contribution in [-0.4, -0.2) is 46.3 Å². The van der Waals surface area contributed by atoms with Gasteiger partial charge in [-0.25, -0.2) is 4.90 Å². The number of hydrogen-bond donors (Lipinski definition) is 0. The van der Waals surface area contributed by atoms with E-state index >= 15 is 0 Å². The molecule has 7 nitrogen and oxygen atoms in total. The van der Waals surface area contributed by atoms with E-state index in [1.807, 2.05) is 12.1 Å². The summed E-state index contributed by atoms with van der Waals surface area (Å²) in [6, 6.07) is 6.51. The fraction of sp³-hybridized carbons (Fsp3) is 0.412. The lowest BCUT2D eigenvalue weighted by Crippen LogP contribution is -2.55. The Kier molecular flexibility index (Phi) is 4.33. The molecule has 0 aliphatic carbocycles. The molecule has 3 amide bonds. The van der Waals surface area contributed by atoms with Crippen molar-refractivity contribution in [3.8, 4) is 0 Å². The largest absolute Gasteiger partial charge is 0.444 e. The Balaban J connectivity index is 1.75. The summed E-state index contributed by atoms with van der Waals surface area (Å²) in [5.41, 5.74) is 1.46. The van der Waals surface area contributed by atoms with Crippen molar-refractivity contribution in [3.05, 3.63) is 35.4 Å². The van der Waals surface area contributed by atoms with Gasteiger partial charge in [-0.15, -0.1) is 0 Å². The van der Waals surface area contributed by atoms with Crippen LogP contribution in [0, 0.1) is 0 Å². The highest BCUT2D eigenvalue weighted by atomic mass is 16.5. The van der Waals surface area contributed by atoms with Gasteiger partial charge >= 0.3 is 5.97 Å². The molecule has 0 spiro atoms. The quantitative estimate of drug-likeness (QED) is 0.609. The molecular formula is C17H18N2O5. The molecule has 0 N–H and O–H groups in total. The molecule has 126 valence electrons. The summed E-state index contributed by atoms with van der Waals surface area (Å²) in [6.07, 6.45) is 0.593. The van der Waals surface area contributed by atoms with E-state index in [2.05, 4.69) is 0 Å². The van der Waals surface area contributed by atoms with E-state index < -0.39 is 24.6 Å². The Hall–Kier alpha value is -2.70. The van der Waals surface area contributed by atoms with Crippen molar-refractivity contribution in [3.63, 3.8) is 0 Å². The normalized spacial score (nSPS) is 20.4. The van der Waals surface area contributed by atoms with Gasteiger partial charge in [0.05, 0.1) is 0 Å². The Labute approximate surface area is 139 Å². The van der Waals surface area contributed by atoms with Crippen LogP contribution in [0.4, 0.5) is 0 Å². The molecule has 1 atom stereocenters. The average molecular weight is 330 g/mol. The number of fused-ring (bicyclic) bond motifs is 1. The predicted octanol–water partition coefficient (Wildman–Crippen LogP) is 1.07. The second-order valence-corrected chi connectivity index (χ2v) is 5.80. The highest BCUT2D eigenvalue weighted by molar-refractivity contribution is 6.05. The number of hydrogen-bond acceptors (Lipinski definition) is 5. The molecule has 0 radical (unpaired) electrons. The molecular weight excluding hydrogens is 312 g/mol. The first-order valence-corrected chi connectivity index (χ1v) is 7.91. The first kappa shape index (κ1) is 16.2. The third kappa shape index (κ3) is 2.77. The van der Waals surface area contributed by atoms with Crippen LogP contribution >= 0.6 is 0 Å². The van der Waals surface area contributed by atoms with Gasteiger partial charge in [-0.05, 0) is 18.1 Å². The van der Waals surface area contributed by atoms with Gasteiger partial charge in [-0.2, -0.15) is 0 Å². The van der Waals surface area contributed by atoms with Crippen LogP contribution in [0.15, 0.2) is 24.3 Å². The van der Waals surface area contributed by atoms with Crippen LogP contribution in [0.3, 0.4) is 0 Å². The second-order valence-electron chi connectivity index (χ2n) is 5.80. The lowest BCUT2D eigenvalue weighted by molar-refractivity contribution is -0.164. The molecule has 2 aliphatic heterocycles. The van der Waals surface area contributed by atoms with Gasteiger partial charge in [0.25, 0.3) is 11.8 Å². The number of carbonyl (C=O) groups is 4. The van der Waals surface area contributed by atoms with Gasteiger partial charge in [-0.3, -0.25) is 19.2 Å². The highest BCUT2D eigenvalue weighted by Crippen LogP contribution is 2.28. The van der Waals surface area contributed by atoms with Gasteiger partial charge in [0, 0.05) is 24.9 Å². The van der Waals surface area contributed by atoms with Crippen molar-refractivity contribution in [1.29, 1.82) is 0 Å². The Morgan fingerprint density at radius 2 is 2.00 bits per heavy atom. The van der Waals surface area contributed by atoms with E-state index in [-0.39, 0.29) is 31.1 Å². The number of likely N-dealkylation sites (tertiary alicyclic amines) is 1. The highest BCUT2D eigenvalue weighted by Gasteiger charge is 2.42. The van der Waals surface area contributed by atoms with E-state index in [4.69, 9.17) is 4.74 Å². The van der Waals surface area contributed by atoms with Crippen LogP contribution in [0.1, 0.15) is 42.1 Å². The van der Waals surface area contributed by atoms with Gasteiger partial charge < -0.3 is 9.64 Å². The van der Waals surface area contributed by atoms with Gasteiger partial charge in [0.1, 0.15) is 6.04 Å². The molecule has 0 saturated carbocycles. The minimum atomic E-state index is -0.706. The third-order valence-corrected chi connectivity index (χ3v) is 4.35. The lowest BCUT2D eigenvalue weighted by atomic mass is 10.0. The SMILES string of the molecule is CCC(=O)OCN1C(=O)CCC(N2Cc3ccccc3C2=O)C1=O. The fourth-order valence-corrected chi connectivity index (χ4v) is 3.01. The van der Waals surface area contributed by atoms with Crippen molar-refractivity contribution in [1.82, 2.24) is 9.80 Å². The predicted molar refractivity (Wildman–Crippen MR) is 82.4 cm³/mol. The Morgan fingerprint density at radius 3 is 2.71 bits per heavy atom. The zero-order valence-corrected chi connectivity index (χ0v) is 13.4. The summed E-state index contributed by atoms with van der Waals surface area (Å²) in [6.45, 7) is 1.59. The fourth-order valence-electron chi connectivity index (χ4n) is 3.01. The smallest absolute Gasteiger partial charge is 0.307 e. The number of ether oxygens (including phenoxy) is 1. The van der Waals surface area contributed by atoms with Crippen molar-refractivity contribution >= 4 is 23.7 Å². The van der Waals surface area contributed by atoms with Gasteiger partial charge in [0.15, 0.2) is 6.73 Å². The summed E-state index contributed by atoms with van der Waals surface area (Å²) in [4.78, 5) is 50.8. The van der Waals surface area contributed by atoms with Crippen molar-refractivity contribution in [2.45, 2.75) is 38.8 Å². The van der Waals surface area contributed by atoms with E-state index in [9.17, 15) is 19.2 Å². The standard InChI is InChI=1S/C17H18N2O5/c1-2-15(21)24-10-19-14(20)8-7-13(17(19)23)18-9-11-5-3-4-6-12(11)16(18)22/h3-6,13H,2,7-10H2,1H3. The molecule has 2 heterocycles. The molecule has 24 heavy (non-hydrogen) atoms. The number of rotatable bonds is 4. The number of amides is 3. The maximum absolute atomic E-state index is 12.6. The van der Waals surface area contributed by atoms with E-state index in [1.54, 1.807) is 19.1 Å². The van der Waals surface area contributed by atoms with Crippen molar-refractivity contribution in [2.24, 2.45) is 0 Å². The van der Waals surface area contributed by atoms with Crippen molar-refractivity contribution < 1.29 is 23.9 Å². The summed E-state index contributed by atoms with van der Waals surface area (Å²) < 4.78 is 4.91. The molecule has 3 rings (SSSR count). The van der Waals surface area contributed by atoms with E-state index in [1.165, 1.54) is 4.90 Å². The van der Waals surface area contributed by atoms with Crippen molar-refractivity contribution in [2.75, 3.05) is 6.73 Å². The topological polar surface area (TPSA) is 84.0 Å². The first-order chi connectivity index (χ1) is 11.5. The van der Waals surface area contributed by atoms with E-state index in [0.717, 1.165) is 10.5 Å². The second kappa shape index (κ2) is 6.43. The zero-order valence-electron chi connectivity index (χ0n) is 13.4. The first-order valence-electron chi connectivity index (χ1n) is 7.91. The summed E-state index contributed by atoms with van der Waals surface area (Å²) in [5.74, 6) is -1.56. The minimum absolute atomic E-state index is 0.139. The lowest BCUT2D eigenvalue weighted by Gasteiger charge is -2.34. The number of nitrogens with zero attached hydrogens (tertiary/aromatic N) is 2. The van der Waals surface area contributed by atoms with Crippen LogP contribution in [0.2, 0.25) is 0 Å². The summed E-state index contributed by atoms with van der Waals surface area (Å²) in [5, 5.41) is 0. The third-order valence-electron chi connectivity index (χ3n) is 4.35. The number of piperidine rings is 1. The molecule has 7 heteroatoms. The summed E-state index contributed by atoms with van der Waals surface area (Å²) in [7, 11) is 0. The van der Waals surface area contributed by atoms with Crippen LogP contribution in [-0.2, 0) is 25.7 Å². The number of benzene rings is 1. The molecule has 1 unspecified atom stereocenters. The molecule has 0 aromatic heterocycles. The van der Waals surface area contributed by atoms with Gasteiger partial charge in [-0.1, -0.05) is 25.1 Å². The summed E-state index contributed by atoms with van der Waals surface area (Å²) >= 11 is 0. The van der Waals surface area contributed by atoms with Crippen LogP contribution in [0.25, 0.3) is 0 Å². The monoisotopic (exact) mass is 330 g/mol. The molecule has 1 aromatic carbocycles. The zero-order chi connectivity index (χ0) is 17.3.